The highest BCUT2D eigenvalue weighted by Gasteiger charge is 2.21. The Kier molecular flexibility index (Phi) is 7.02. The summed E-state index contributed by atoms with van der Waals surface area (Å²) in [5.74, 6) is -0.0103. The van der Waals surface area contributed by atoms with Crippen LogP contribution in [0.4, 0.5) is 0 Å². The van der Waals surface area contributed by atoms with Gasteiger partial charge >= 0.3 is 11.6 Å². The van der Waals surface area contributed by atoms with Crippen LogP contribution >= 0.6 is 0 Å². The SMILES string of the molecule is CC(=O)Oc1ccc(CCNC(=O)CCc2c(C)c3cc4c(C(C)(C)C)coc4cc3oc2=O)cc1. The second-order valence-electron chi connectivity index (χ2n) is 10.1. The Morgan fingerprint density at radius 2 is 1.72 bits per heavy atom. The zero-order valence-corrected chi connectivity index (χ0v) is 21.3. The van der Waals surface area contributed by atoms with Crippen molar-refractivity contribution in [2.45, 2.75) is 59.3 Å². The zero-order valence-electron chi connectivity index (χ0n) is 21.3. The van der Waals surface area contributed by atoms with Gasteiger partial charge in [0.25, 0.3) is 0 Å². The minimum absolute atomic E-state index is 0.0895. The first-order valence-electron chi connectivity index (χ1n) is 12.0. The van der Waals surface area contributed by atoms with Gasteiger partial charge in [0.1, 0.15) is 16.9 Å². The molecule has 2 aromatic carbocycles. The van der Waals surface area contributed by atoms with Crippen molar-refractivity contribution in [3.63, 3.8) is 0 Å². The van der Waals surface area contributed by atoms with Gasteiger partial charge in [0.2, 0.25) is 5.91 Å². The lowest BCUT2D eigenvalue weighted by atomic mass is 9.86. The number of ether oxygens (including phenoxy) is 1. The van der Waals surface area contributed by atoms with Gasteiger partial charge in [-0.25, -0.2) is 4.79 Å². The summed E-state index contributed by atoms with van der Waals surface area (Å²) in [7, 11) is 0. The molecule has 7 heteroatoms. The van der Waals surface area contributed by atoms with Gasteiger partial charge in [0.05, 0.1) is 6.26 Å². The quantitative estimate of drug-likeness (QED) is 0.213. The number of fused-ring (bicyclic) bond motifs is 2. The summed E-state index contributed by atoms with van der Waals surface area (Å²) in [5, 5.41) is 4.75. The summed E-state index contributed by atoms with van der Waals surface area (Å²) in [6.45, 7) is 10.1. The van der Waals surface area contributed by atoms with Crippen molar-refractivity contribution >= 4 is 33.8 Å². The smallest absolute Gasteiger partial charge is 0.339 e. The molecule has 0 unspecified atom stereocenters. The van der Waals surface area contributed by atoms with E-state index in [1.807, 2.05) is 25.1 Å². The summed E-state index contributed by atoms with van der Waals surface area (Å²) in [5.41, 5.74) is 4.08. The second-order valence-corrected chi connectivity index (χ2v) is 10.1. The van der Waals surface area contributed by atoms with Gasteiger partial charge in [0.15, 0.2) is 0 Å². The third-order valence-corrected chi connectivity index (χ3v) is 6.31. The summed E-state index contributed by atoms with van der Waals surface area (Å²) in [4.78, 5) is 36.2. The van der Waals surface area contributed by atoms with E-state index >= 15 is 0 Å². The van der Waals surface area contributed by atoms with Gasteiger partial charge in [-0.15, -0.1) is 0 Å². The molecule has 0 aliphatic rings. The van der Waals surface area contributed by atoms with E-state index in [-0.39, 0.29) is 23.7 Å². The highest BCUT2D eigenvalue weighted by Crippen LogP contribution is 2.35. The van der Waals surface area contributed by atoms with Crippen molar-refractivity contribution in [2.75, 3.05) is 6.54 Å². The maximum absolute atomic E-state index is 12.7. The molecule has 2 heterocycles. The molecule has 36 heavy (non-hydrogen) atoms. The fourth-order valence-electron chi connectivity index (χ4n) is 4.34. The van der Waals surface area contributed by atoms with E-state index in [2.05, 4.69) is 26.1 Å². The number of furan rings is 1. The van der Waals surface area contributed by atoms with Crippen LogP contribution in [0.5, 0.6) is 5.75 Å². The summed E-state index contributed by atoms with van der Waals surface area (Å²) in [6.07, 6.45) is 2.88. The van der Waals surface area contributed by atoms with E-state index in [4.69, 9.17) is 13.6 Å². The first-order chi connectivity index (χ1) is 17.0. The Morgan fingerprint density at radius 3 is 2.39 bits per heavy atom. The lowest BCUT2D eigenvalue weighted by molar-refractivity contribution is -0.131. The number of carbonyl (C=O) groups is 2. The van der Waals surface area contributed by atoms with Gasteiger partial charge in [-0.05, 0) is 54.5 Å². The Morgan fingerprint density at radius 1 is 1.00 bits per heavy atom. The van der Waals surface area contributed by atoms with Crippen molar-refractivity contribution in [2.24, 2.45) is 0 Å². The third kappa shape index (κ3) is 5.51. The van der Waals surface area contributed by atoms with Crippen LogP contribution in [0.2, 0.25) is 0 Å². The standard InChI is InChI=1S/C29H31NO6/c1-17-21(10-11-27(32)30-13-12-19-6-8-20(9-7-19)35-18(2)31)28(33)36-26-15-25-23(14-22(17)26)24(16-34-25)29(3,4)5/h6-9,14-16H,10-13H2,1-5H3,(H,30,32). The second kappa shape index (κ2) is 10.0. The Labute approximate surface area is 209 Å². The van der Waals surface area contributed by atoms with Crippen molar-refractivity contribution in [1.82, 2.24) is 5.32 Å². The summed E-state index contributed by atoms with van der Waals surface area (Å²) in [6, 6.07) is 10.9. The van der Waals surface area contributed by atoms with Gasteiger partial charge < -0.3 is 18.9 Å². The fraction of sp³-hybridized carbons (Fsp3) is 0.345. The number of nitrogens with one attached hydrogen (secondary N) is 1. The van der Waals surface area contributed by atoms with Crippen LogP contribution in [0.15, 0.2) is 56.3 Å². The summed E-state index contributed by atoms with van der Waals surface area (Å²) >= 11 is 0. The van der Waals surface area contributed by atoms with E-state index in [0.29, 0.717) is 41.9 Å². The number of esters is 1. The van der Waals surface area contributed by atoms with Gasteiger partial charge in [0, 0.05) is 47.9 Å². The predicted molar refractivity (Wildman–Crippen MR) is 138 cm³/mol. The highest BCUT2D eigenvalue weighted by molar-refractivity contribution is 5.96. The molecular weight excluding hydrogens is 458 g/mol. The number of carbonyl (C=O) groups excluding carboxylic acids is 2. The lowest BCUT2D eigenvalue weighted by Gasteiger charge is -2.16. The molecule has 1 amide bonds. The largest absolute Gasteiger partial charge is 0.464 e. The van der Waals surface area contributed by atoms with Crippen LogP contribution in [0.3, 0.4) is 0 Å². The maximum Gasteiger partial charge on any atom is 0.339 e. The fourth-order valence-corrected chi connectivity index (χ4v) is 4.34. The Balaban J connectivity index is 1.42. The number of aryl methyl sites for hydroxylation is 1. The topological polar surface area (TPSA) is 98.8 Å². The normalized spacial score (nSPS) is 11.7. The molecule has 0 saturated carbocycles. The van der Waals surface area contributed by atoms with Crippen molar-refractivity contribution < 1.29 is 23.2 Å². The number of rotatable bonds is 7. The van der Waals surface area contributed by atoms with Crippen molar-refractivity contribution in [3.8, 4) is 5.75 Å². The van der Waals surface area contributed by atoms with Crippen LogP contribution in [0, 0.1) is 6.92 Å². The minimum Gasteiger partial charge on any atom is -0.464 e. The molecule has 4 aromatic rings. The third-order valence-electron chi connectivity index (χ3n) is 6.31. The van der Waals surface area contributed by atoms with E-state index in [1.165, 1.54) is 6.92 Å². The van der Waals surface area contributed by atoms with Crippen LogP contribution in [0.1, 0.15) is 56.4 Å². The Bertz CT molecular complexity index is 1490. The van der Waals surface area contributed by atoms with Crippen LogP contribution in [-0.2, 0) is 27.8 Å². The first kappa shape index (κ1) is 25.2. The molecule has 0 bridgehead atoms. The van der Waals surface area contributed by atoms with Gasteiger partial charge in [-0.2, -0.15) is 0 Å². The molecule has 2 aromatic heterocycles. The average molecular weight is 490 g/mol. The first-order valence-corrected chi connectivity index (χ1v) is 12.0. The minimum atomic E-state index is -0.428. The van der Waals surface area contributed by atoms with Crippen LogP contribution < -0.4 is 15.7 Å². The predicted octanol–water partition coefficient (Wildman–Crippen LogP) is 5.36. The molecule has 4 rings (SSSR count). The molecule has 0 aliphatic heterocycles. The molecule has 7 nitrogen and oxygen atoms in total. The average Bonchev–Trinajstić information content (AvgIpc) is 3.22. The van der Waals surface area contributed by atoms with Crippen LogP contribution in [-0.4, -0.2) is 18.4 Å². The van der Waals surface area contributed by atoms with Crippen molar-refractivity contribution in [1.29, 1.82) is 0 Å². The zero-order chi connectivity index (χ0) is 26.0. The van der Waals surface area contributed by atoms with E-state index in [1.54, 1.807) is 24.5 Å². The maximum atomic E-state index is 12.7. The molecule has 0 atom stereocenters. The van der Waals surface area contributed by atoms with Gasteiger partial charge in [-0.3, -0.25) is 9.59 Å². The molecule has 0 saturated heterocycles. The number of hydrogen-bond acceptors (Lipinski definition) is 6. The number of benzene rings is 2. The summed E-state index contributed by atoms with van der Waals surface area (Å²) < 4.78 is 16.4. The molecule has 1 N–H and O–H groups in total. The molecular formula is C29H31NO6. The number of hydrogen-bond donors (Lipinski definition) is 1. The molecule has 0 spiro atoms. The van der Waals surface area contributed by atoms with E-state index in [9.17, 15) is 14.4 Å². The van der Waals surface area contributed by atoms with E-state index < -0.39 is 5.63 Å². The number of amides is 1. The molecule has 188 valence electrons. The monoisotopic (exact) mass is 489 g/mol. The highest BCUT2D eigenvalue weighted by atomic mass is 16.5. The van der Waals surface area contributed by atoms with Gasteiger partial charge in [-0.1, -0.05) is 32.9 Å². The Hall–Kier alpha value is -3.87. The molecule has 0 radical (unpaired) electrons. The van der Waals surface area contributed by atoms with E-state index in [0.717, 1.165) is 27.5 Å². The lowest BCUT2D eigenvalue weighted by Crippen LogP contribution is -2.26. The molecule has 0 fully saturated rings. The van der Waals surface area contributed by atoms with Crippen molar-refractivity contribution in [3.05, 3.63) is 75.3 Å². The molecule has 0 aliphatic carbocycles. The van der Waals surface area contributed by atoms with Crippen LogP contribution in [0.25, 0.3) is 21.9 Å².